The van der Waals surface area contributed by atoms with Gasteiger partial charge in [0.1, 0.15) is 0 Å². The number of hydrogen-bond donors (Lipinski definition) is 0. The van der Waals surface area contributed by atoms with Crippen LogP contribution in [0, 0.1) is 0 Å². The van der Waals surface area contributed by atoms with E-state index in [9.17, 15) is 0 Å². The van der Waals surface area contributed by atoms with Gasteiger partial charge in [0.25, 0.3) is 0 Å². The van der Waals surface area contributed by atoms with Crippen LogP contribution in [0.3, 0.4) is 0 Å². The first kappa shape index (κ1) is 14.3. The second kappa shape index (κ2) is 6.44. The molecule has 0 radical (unpaired) electrons. The molecule has 0 amide bonds. The van der Waals surface area contributed by atoms with Crippen molar-refractivity contribution >= 4 is 0 Å². The molecule has 0 aliphatic heterocycles. The zero-order valence-corrected chi connectivity index (χ0v) is 13.2. The Morgan fingerprint density at radius 1 is 0.762 bits per heavy atom. The number of rotatable bonds is 3. The van der Waals surface area contributed by atoms with Crippen LogP contribution in [0.2, 0.25) is 0 Å². The van der Waals surface area contributed by atoms with Crippen LogP contribution in [0.5, 0.6) is 0 Å². The van der Waals surface area contributed by atoms with Gasteiger partial charge in [0.15, 0.2) is 0 Å². The van der Waals surface area contributed by atoms with Crippen molar-refractivity contribution in [3.05, 3.63) is 70.8 Å². The van der Waals surface area contributed by atoms with Crippen LogP contribution in [0.4, 0.5) is 0 Å². The molecule has 1 nitrogen and oxygen atoms in total. The van der Waals surface area contributed by atoms with Gasteiger partial charge in [-0.3, -0.25) is 4.90 Å². The third-order valence-corrected chi connectivity index (χ3v) is 4.57. The summed E-state index contributed by atoms with van der Waals surface area (Å²) in [6.45, 7) is 0. The highest BCUT2D eigenvalue weighted by Crippen LogP contribution is 2.30. The van der Waals surface area contributed by atoms with E-state index in [-0.39, 0.29) is 0 Å². The lowest BCUT2D eigenvalue weighted by atomic mass is 9.93. The van der Waals surface area contributed by atoms with E-state index in [0.29, 0.717) is 6.04 Å². The van der Waals surface area contributed by atoms with Gasteiger partial charge in [-0.1, -0.05) is 55.0 Å². The Kier molecular flexibility index (Phi) is 4.40. The van der Waals surface area contributed by atoms with E-state index in [1.165, 1.54) is 43.2 Å². The number of benzene rings is 2. The summed E-state index contributed by atoms with van der Waals surface area (Å²) in [7, 11) is 4.34. The van der Waals surface area contributed by atoms with Crippen LogP contribution in [0.15, 0.2) is 48.5 Å². The molecule has 1 aliphatic rings. The minimum atomic E-state index is 0.347. The lowest BCUT2D eigenvalue weighted by Crippen LogP contribution is -2.21. The quantitative estimate of drug-likeness (QED) is 0.742. The Bertz CT molecular complexity index is 586. The molecule has 0 aromatic heterocycles. The standard InChI is InChI=1S/C20H25N/c1-21(2)20(17-10-6-4-7-11-17)19-14-13-16-9-5-3-8-12-18(16)15-19/h4,6-7,10-11,13-15,20H,3,5,8-9,12H2,1-2H3. The average molecular weight is 279 g/mol. The normalized spacial score (nSPS) is 16.3. The summed E-state index contributed by atoms with van der Waals surface area (Å²) in [4.78, 5) is 2.31. The van der Waals surface area contributed by atoms with Gasteiger partial charge < -0.3 is 0 Å². The van der Waals surface area contributed by atoms with Crippen LogP contribution < -0.4 is 0 Å². The molecular formula is C20H25N. The molecular weight excluding hydrogens is 254 g/mol. The van der Waals surface area contributed by atoms with Crippen molar-refractivity contribution in [3.63, 3.8) is 0 Å². The molecule has 0 N–H and O–H groups in total. The summed E-state index contributed by atoms with van der Waals surface area (Å²) in [5.74, 6) is 0. The number of fused-ring (bicyclic) bond motifs is 1. The highest BCUT2D eigenvalue weighted by molar-refractivity contribution is 5.38. The second-order valence-electron chi connectivity index (χ2n) is 6.37. The molecule has 110 valence electrons. The summed E-state index contributed by atoms with van der Waals surface area (Å²) < 4.78 is 0. The maximum Gasteiger partial charge on any atom is 0.0596 e. The predicted molar refractivity (Wildman–Crippen MR) is 89.7 cm³/mol. The molecule has 2 aromatic carbocycles. The molecule has 1 atom stereocenters. The van der Waals surface area contributed by atoms with Crippen LogP contribution >= 0.6 is 0 Å². The first-order valence-electron chi connectivity index (χ1n) is 8.09. The first-order valence-corrected chi connectivity index (χ1v) is 8.09. The lowest BCUT2D eigenvalue weighted by Gasteiger charge is -2.26. The van der Waals surface area contributed by atoms with E-state index >= 15 is 0 Å². The first-order chi connectivity index (χ1) is 10.3. The molecule has 3 rings (SSSR count). The molecule has 1 aliphatic carbocycles. The van der Waals surface area contributed by atoms with E-state index in [1.807, 2.05) is 0 Å². The maximum absolute atomic E-state index is 2.46. The summed E-state index contributed by atoms with van der Waals surface area (Å²) in [5, 5.41) is 0. The fraction of sp³-hybridized carbons (Fsp3) is 0.400. The lowest BCUT2D eigenvalue weighted by molar-refractivity contribution is 0.342. The largest absolute Gasteiger partial charge is 0.299 e. The van der Waals surface area contributed by atoms with Gasteiger partial charge in [0, 0.05) is 0 Å². The second-order valence-corrected chi connectivity index (χ2v) is 6.37. The van der Waals surface area contributed by atoms with Crippen molar-refractivity contribution in [1.29, 1.82) is 0 Å². The summed E-state index contributed by atoms with van der Waals surface area (Å²) in [5.41, 5.74) is 5.94. The van der Waals surface area contributed by atoms with Crippen LogP contribution in [0.25, 0.3) is 0 Å². The summed E-state index contributed by atoms with van der Waals surface area (Å²) in [6.07, 6.45) is 6.57. The van der Waals surface area contributed by atoms with Gasteiger partial charge >= 0.3 is 0 Å². The van der Waals surface area contributed by atoms with Crippen LogP contribution in [-0.2, 0) is 12.8 Å². The molecule has 0 fully saturated rings. The van der Waals surface area contributed by atoms with E-state index in [0.717, 1.165) is 0 Å². The van der Waals surface area contributed by atoms with Gasteiger partial charge in [0.05, 0.1) is 6.04 Å². The van der Waals surface area contributed by atoms with Gasteiger partial charge in [-0.2, -0.15) is 0 Å². The Morgan fingerprint density at radius 3 is 2.19 bits per heavy atom. The van der Waals surface area contributed by atoms with Crippen molar-refractivity contribution in [2.45, 2.75) is 38.1 Å². The minimum Gasteiger partial charge on any atom is -0.299 e. The zero-order valence-electron chi connectivity index (χ0n) is 13.2. The summed E-state index contributed by atoms with van der Waals surface area (Å²) >= 11 is 0. The molecule has 0 spiro atoms. The Balaban J connectivity index is 1.99. The molecule has 0 saturated heterocycles. The smallest absolute Gasteiger partial charge is 0.0596 e. The molecule has 0 heterocycles. The van der Waals surface area contributed by atoms with Crippen molar-refractivity contribution < 1.29 is 0 Å². The Morgan fingerprint density at radius 2 is 1.48 bits per heavy atom. The van der Waals surface area contributed by atoms with Gasteiger partial charge in [0.2, 0.25) is 0 Å². The molecule has 21 heavy (non-hydrogen) atoms. The molecule has 0 bridgehead atoms. The highest BCUT2D eigenvalue weighted by atomic mass is 15.1. The Labute approximate surface area is 128 Å². The molecule has 1 unspecified atom stereocenters. The van der Waals surface area contributed by atoms with E-state index in [2.05, 4.69) is 67.5 Å². The third kappa shape index (κ3) is 3.19. The molecule has 0 saturated carbocycles. The fourth-order valence-corrected chi connectivity index (χ4v) is 3.52. The Hall–Kier alpha value is -1.60. The number of hydrogen-bond acceptors (Lipinski definition) is 1. The molecule has 2 aromatic rings. The van der Waals surface area contributed by atoms with Crippen LogP contribution in [-0.4, -0.2) is 19.0 Å². The predicted octanol–water partition coefficient (Wildman–Crippen LogP) is 4.61. The topological polar surface area (TPSA) is 3.24 Å². The molecule has 1 heteroatoms. The van der Waals surface area contributed by atoms with Gasteiger partial charge in [-0.25, -0.2) is 0 Å². The fourth-order valence-electron chi connectivity index (χ4n) is 3.52. The monoisotopic (exact) mass is 279 g/mol. The van der Waals surface area contributed by atoms with Crippen molar-refractivity contribution in [2.24, 2.45) is 0 Å². The SMILES string of the molecule is CN(C)C(c1ccccc1)c1ccc2c(c1)CCCCC2. The van der Waals surface area contributed by atoms with Crippen molar-refractivity contribution in [2.75, 3.05) is 14.1 Å². The van der Waals surface area contributed by atoms with Crippen molar-refractivity contribution in [1.82, 2.24) is 4.90 Å². The number of nitrogens with zero attached hydrogens (tertiary/aromatic N) is 1. The summed E-state index contributed by atoms with van der Waals surface area (Å²) in [6, 6.07) is 18.3. The van der Waals surface area contributed by atoms with Gasteiger partial charge in [-0.15, -0.1) is 0 Å². The number of aryl methyl sites for hydroxylation is 2. The van der Waals surface area contributed by atoms with E-state index in [4.69, 9.17) is 0 Å². The zero-order chi connectivity index (χ0) is 14.7. The van der Waals surface area contributed by atoms with Gasteiger partial charge in [-0.05, 0) is 62.0 Å². The average Bonchev–Trinajstić information content (AvgIpc) is 2.73. The van der Waals surface area contributed by atoms with E-state index in [1.54, 1.807) is 11.1 Å². The highest BCUT2D eigenvalue weighted by Gasteiger charge is 2.18. The third-order valence-electron chi connectivity index (χ3n) is 4.57. The minimum absolute atomic E-state index is 0.347. The van der Waals surface area contributed by atoms with Crippen molar-refractivity contribution in [3.8, 4) is 0 Å². The van der Waals surface area contributed by atoms with E-state index < -0.39 is 0 Å². The maximum atomic E-state index is 2.46. The van der Waals surface area contributed by atoms with Crippen LogP contribution in [0.1, 0.15) is 47.6 Å².